The van der Waals surface area contributed by atoms with E-state index in [0.717, 1.165) is 30.8 Å². The molecule has 27 heavy (non-hydrogen) atoms. The quantitative estimate of drug-likeness (QED) is 0.809. The molecule has 146 valence electrons. The summed E-state index contributed by atoms with van der Waals surface area (Å²) in [5.74, 6) is -1.78. The third-order valence-electron chi connectivity index (χ3n) is 5.15. The lowest BCUT2D eigenvalue weighted by molar-refractivity contribution is 0.416. The minimum absolute atomic E-state index is 0.132. The van der Waals surface area contributed by atoms with Crippen LogP contribution in [0.15, 0.2) is 24.5 Å². The molecule has 1 aliphatic rings. The minimum Gasteiger partial charge on any atom is -0.357 e. The molecule has 1 saturated heterocycles. The van der Waals surface area contributed by atoms with E-state index in [4.69, 9.17) is 5.73 Å². The number of nitrogens with two attached hydrogens (primary N) is 1. The second-order valence-corrected chi connectivity index (χ2v) is 6.70. The zero-order valence-electron chi connectivity index (χ0n) is 15.5. The molecule has 2 atom stereocenters. The average Bonchev–Trinajstić information content (AvgIpc) is 2.66. The molecule has 2 aromatic rings. The molecule has 0 radical (unpaired) electrons. The Hall–Kier alpha value is -2.35. The molecule has 3 rings (SSSR count). The highest BCUT2D eigenvalue weighted by Crippen LogP contribution is 2.32. The molecular formula is C19H24F3N5. The first-order valence-corrected chi connectivity index (χ1v) is 9.16. The second-order valence-electron chi connectivity index (χ2n) is 6.70. The van der Waals surface area contributed by atoms with Gasteiger partial charge in [-0.25, -0.2) is 23.1 Å². The maximum absolute atomic E-state index is 14.1. The van der Waals surface area contributed by atoms with E-state index in [1.807, 2.05) is 11.0 Å². The van der Waals surface area contributed by atoms with Crippen molar-refractivity contribution in [3.8, 4) is 0 Å². The van der Waals surface area contributed by atoms with Gasteiger partial charge in [0.2, 0.25) is 0 Å². The Labute approximate surface area is 157 Å². The van der Waals surface area contributed by atoms with Gasteiger partial charge >= 0.3 is 0 Å². The third-order valence-corrected chi connectivity index (χ3v) is 5.15. The van der Waals surface area contributed by atoms with Crippen molar-refractivity contribution in [2.75, 3.05) is 36.0 Å². The summed E-state index contributed by atoms with van der Waals surface area (Å²) < 4.78 is 40.9. The van der Waals surface area contributed by atoms with Gasteiger partial charge in [-0.05, 0) is 31.9 Å². The molecule has 5 nitrogen and oxygen atoms in total. The number of nitrogens with zero attached hydrogens (tertiary/aromatic N) is 4. The number of anilines is 2. The first-order chi connectivity index (χ1) is 12.9. The van der Waals surface area contributed by atoms with E-state index in [9.17, 15) is 13.2 Å². The van der Waals surface area contributed by atoms with Crippen molar-refractivity contribution in [3.63, 3.8) is 0 Å². The lowest BCUT2D eigenvalue weighted by Crippen LogP contribution is -2.48. The van der Waals surface area contributed by atoms with Gasteiger partial charge in [-0.1, -0.05) is 0 Å². The number of hydrogen-bond acceptors (Lipinski definition) is 5. The average molecular weight is 379 g/mol. The molecule has 0 bridgehead atoms. The predicted molar refractivity (Wildman–Crippen MR) is 99.5 cm³/mol. The Morgan fingerprint density at radius 3 is 2.44 bits per heavy atom. The van der Waals surface area contributed by atoms with Gasteiger partial charge in [0.25, 0.3) is 0 Å². The SMILES string of the molecule is CCN(CC)c1cc(N2CC[C@H](c3cc(F)c(F)cc3F)[C@@H](N)C2)ncn1. The van der Waals surface area contributed by atoms with Crippen molar-refractivity contribution in [2.24, 2.45) is 5.73 Å². The monoisotopic (exact) mass is 379 g/mol. The van der Waals surface area contributed by atoms with Crippen LogP contribution in [0.1, 0.15) is 31.7 Å². The summed E-state index contributed by atoms with van der Waals surface area (Å²) in [4.78, 5) is 12.8. The molecule has 0 aliphatic carbocycles. The third kappa shape index (κ3) is 4.00. The first-order valence-electron chi connectivity index (χ1n) is 9.16. The van der Waals surface area contributed by atoms with E-state index in [2.05, 4.69) is 28.7 Å². The normalized spacial score (nSPS) is 20.0. The summed E-state index contributed by atoms with van der Waals surface area (Å²) in [5.41, 5.74) is 6.40. The first kappa shape index (κ1) is 19.4. The molecule has 1 aromatic carbocycles. The summed E-state index contributed by atoms with van der Waals surface area (Å²) in [5, 5.41) is 0. The highest BCUT2D eigenvalue weighted by atomic mass is 19.2. The lowest BCUT2D eigenvalue weighted by atomic mass is 9.85. The molecular weight excluding hydrogens is 355 g/mol. The summed E-state index contributed by atoms with van der Waals surface area (Å²) >= 11 is 0. The van der Waals surface area contributed by atoms with E-state index in [0.29, 0.717) is 25.6 Å². The maximum Gasteiger partial charge on any atom is 0.161 e. The molecule has 1 aromatic heterocycles. The van der Waals surface area contributed by atoms with Crippen LogP contribution < -0.4 is 15.5 Å². The van der Waals surface area contributed by atoms with Crippen molar-refractivity contribution in [2.45, 2.75) is 32.2 Å². The van der Waals surface area contributed by atoms with Gasteiger partial charge in [0, 0.05) is 50.3 Å². The van der Waals surface area contributed by atoms with E-state index in [1.165, 1.54) is 6.33 Å². The van der Waals surface area contributed by atoms with Crippen molar-refractivity contribution >= 4 is 11.6 Å². The highest BCUT2D eigenvalue weighted by molar-refractivity contribution is 5.50. The Morgan fingerprint density at radius 2 is 1.78 bits per heavy atom. The molecule has 2 N–H and O–H groups in total. The lowest BCUT2D eigenvalue weighted by Gasteiger charge is -2.38. The van der Waals surface area contributed by atoms with Crippen LogP contribution in [0.3, 0.4) is 0 Å². The molecule has 0 amide bonds. The molecule has 1 aliphatic heterocycles. The number of piperidine rings is 1. The number of hydrogen-bond donors (Lipinski definition) is 1. The van der Waals surface area contributed by atoms with Gasteiger partial charge in [0.1, 0.15) is 23.8 Å². The number of benzene rings is 1. The smallest absolute Gasteiger partial charge is 0.161 e. The van der Waals surface area contributed by atoms with Gasteiger partial charge in [-0.3, -0.25) is 0 Å². The topological polar surface area (TPSA) is 58.3 Å². The molecule has 2 heterocycles. The fourth-order valence-electron chi connectivity index (χ4n) is 3.63. The zero-order valence-corrected chi connectivity index (χ0v) is 15.5. The van der Waals surface area contributed by atoms with Crippen LogP contribution in [-0.4, -0.2) is 42.2 Å². The van der Waals surface area contributed by atoms with Gasteiger partial charge in [-0.2, -0.15) is 0 Å². The summed E-state index contributed by atoms with van der Waals surface area (Å²) in [6.07, 6.45) is 2.05. The summed E-state index contributed by atoms with van der Waals surface area (Å²) in [6, 6.07) is 3.00. The molecule has 0 unspecified atom stereocenters. The molecule has 0 saturated carbocycles. The number of rotatable bonds is 5. The van der Waals surface area contributed by atoms with E-state index < -0.39 is 23.5 Å². The van der Waals surface area contributed by atoms with Crippen molar-refractivity contribution < 1.29 is 13.2 Å². The molecule has 1 fully saturated rings. The maximum atomic E-state index is 14.1. The number of aromatic nitrogens is 2. The van der Waals surface area contributed by atoms with E-state index in [1.54, 1.807) is 0 Å². The highest BCUT2D eigenvalue weighted by Gasteiger charge is 2.31. The van der Waals surface area contributed by atoms with Gasteiger partial charge < -0.3 is 15.5 Å². The van der Waals surface area contributed by atoms with Crippen LogP contribution in [0.25, 0.3) is 0 Å². The molecule has 0 spiro atoms. The minimum atomic E-state index is -1.19. The fourth-order valence-corrected chi connectivity index (χ4v) is 3.63. The van der Waals surface area contributed by atoms with Crippen LogP contribution >= 0.6 is 0 Å². The predicted octanol–water partition coefficient (Wildman–Crippen LogP) is 3.06. The van der Waals surface area contributed by atoms with Crippen LogP contribution in [0.4, 0.5) is 24.8 Å². The Morgan fingerprint density at radius 1 is 1.07 bits per heavy atom. The zero-order chi connectivity index (χ0) is 19.6. The Kier molecular flexibility index (Phi) is 5.84. The van der Waals surface area contributed by atoms with Crippen LogP contribution in [-0.2, 0) is 0 Å². The fraction of sp³-hybridized carbons (Fsp3) is 0.474. The Bertz CT molecular complexity index is 797. The largest absolute Gasteiger partial charge is 0.357 e. The van der Waals surface area contributed by atoms with E-state index in [-0.39, 0.29) is 11.5 Å². The van der Waals surface area contributed by atoms with Gasteiger partial charge in [0.05, 0.1) is 0 Å². The van der Waals surface area contributed by atoms with Crippen molar-refractivity contribution in [1.29, 1.82) is 0 Å². The summed E-state index contributed by atoms with van der Waals surface area (Å²) in [6.45, 7) is 6.82. The van der Waals surface area contributed by atoms with Crippen LogP contribution in [0.2, 0.25) is 0 Å². The van der Waals surface area contributed by atoms with Crippen LogP contribution in [0.5, 0.6) is 0 Å². The molecule has 8 heteroatoms. The van der Waals surface area contributed by atoms with Gasteiger partial charge in [0.15, 0.2) is 11.6 Å². The van der Waals surface area contributed by atoms with Crippen LogP contribution in [0, 0.1) is 17.5 Å². The summed E-state index contributed by atoms with van der Waals surface area (Å²) in [7, 11) is 0. The van der Waals surface area contributed by atoms with Crippen molar-refractivity contribution in [1.82, 2.24) is 9.97 Å². The van der Waals surface area contributed by atoms with Gasteiger partial charge in [-0.15, -0.1) is 0 Å². The van der Waals surface area contributed by atoms with Crippen molar-refractivity contribution in [3.05, 3.63) is 47.5 Å². The van der Waals surface area contributed by atoms with E-state index >= 15 is 0 Å². The Balaban J connectivity index is 1.78. The second kappa shape index (κ2) is 8.12. The number of halogens is 3. The standard InChI is InChI=1S/C19H24F3N5/c1-3-26(4-2)18-9-19(25-11-24-18)27-6-5-12(17(23)10-27)13-7-15(21)16(22)8-14(13)20/h7-9,11-12,17H,3-6,10,23H2,1-2H3/t12-,17+/m1/s1.